The van der Waals surface area contributed by atoms with Crippen LogP contribution in [0.25, 0.3) is 49.5 Å². The first kappa shape index (κ1) is 25.2. The third-order valence-corrected chi connectivity index (χ3v) is 8.78. The van der Waals surface area contributed by atoms with E-state index in [0.717, 1.165) is 45.0 Å². The Hall–Kier alpha value is -4.53. The Morgan fingerprint density at radius 1 is 0.714 bits per heavy atom. The van der Waals surface area contributed by atoms with Gasteiger partial charge in [-0.2, -0.15) is 24.3 Å². The quantitative estimate of drug-likeness (QED) is 0.167. The minimum Gasteiger partial charge on any atom is -0.318 e. The zero-order valence-electron chi connectivity index (χ0n) is 23.0. The monoisotopic (exact) mass is 719 g/mol. The van der Waals surface area contributed by atoms with Crippen LogP contribution in [0.5, 0.6) is 0 Å². The van der Waals surface area contributed by atoms with Crippen molar-refractivity contribution in [3.63, 3.8) is 0 Å². The number of para-hydroxylation sites is 3. The van der Waals surface area contributed by atoms with Gasteiger partial charge in [-0.05, 0) is 52.0 Å². The summed E-state index contributed by atoms with van der Waals surface area (Å²) in [6.07, 6.45) is 1.83. The molecule has 8 aromatic rings. The van der Waals surface area contributed by atoms with Gasteiger partial charge in [-0.15, -0.1) is 29.1 Å². The summed E-state index contributed by atoms with van der Waals surface area (Å²) in [5.41, 5.74) is 9.47. The van der Waals surface area contributed by atoms with E-state index in [1.165, 1.54) is 32.8 Å². The van der Waals surface area contributed by atoms with Crippen molar-refractivity contribution in [2.24, 2.45) is 0 Å². The number of pyridine rings is 2. The number of rotatable bonds is 2. The van der Waals surface area contributed by atoms with E-state index >= 15 is 0 Å². The molecule has 5 heteroatoms. The minimum absolute atomic E-state index is 0. The van der Waals surface area contributed by atoms with E-state index in [2.05, 4.69) is 119 Å². The summed E-state index contributed by atoms with van der Waals surface area (Å²) in [6.45, 7) is 4.59. The fourth-order valence-corrected chi connectivity index (χ4v) is 6.85. The zero-order valence-corrected chi connectivity index (χ0v) is 25.3. The maximum absolute atomic E-state index is 5.42. The van der Waals surface area contributed by atoms with E-state index in [9.17, 15) is 0 Å². The second kappa shape index (κ2) is 8.98. The van der Waals surface area contributed by atoms with Gasteiger partial charge in [0, 0.05) is 28.2 Å². The first-order valence-corrected chi connectivity index (χ1v) is 13.9. The summed E-state index contributed by atoms with van der Waals surface area (Å²) >= 11 is 0. The van der Waals surface area contributed by atoms with Crippen LogP contribution >= 0.6 is 0 Å². The predicted molar refractivity (Wildman–Crippen MR) is 167 cm³/mol. The Kier molecular flexibility index (Phi) is 5.39. The molecule has 202 valence electrons. The number of benzene rings is 4. The van der Waals surface area contributed by atoms with Gasteiger partial charge in [-0.3, -0.25) is 0 Å². The molecule has 0 amide bonds. The molecule has 0 radical (unpaired) electrons. The average molecular weight is 720 g/mol. The second-order valence-electron chi connectivity index (χ2n) is 11.3. The van der Waals surface area contributed by atoms with Crippen LogP contribution in [-0.4, -0.2) is 14.4 Å². The van der Waals surface area contributed by atoms with Crippen LogP contribution < -0.4 is 4.90 Å². The van der Waals surface area contributed by atoms with E-state index < -0.39 is 0 Å². The van der Waals surface area contributed by atoms with Gasteiger partial charge < -0.3 is 14.3 Å². The number of aromatic nitrogens is 3. The van der Waals surface area contributed by atoms with Gasteiger partial charge in [0.25, 0.3) is 0 Å². The predicted octanol–water partition coefficient (Wildman–Crippen LogP) is 9.00. The molecule has 1 aliphatic heterocycles. The van der Waals surface area contributed by atoms with E-state index in [0.29, 0.717) is 0 Å². The van der Waals surface area contributed by atoms with Crippen molar-refractivity contribution in [2.45, 2.75) is 19.3 Å². The first-order chi connectivity index (χ1) is 20.1. The Morgan fingerprint density at radius 3 is 2.38 bits per heavy atom. The van der Waals surface area contributed by atoms with E-state index in [-0.39, 0.29) is 26.5 Å². The Bertz CT molecular complexity index is 2300. The fourth-order valence-electron chi connectivity index (χ4n) is 6.85. The van der Waals surface area contributed by atoms with Crippen LogP contribution in [0, 0.1) is 12.1 Å². The molecule has 0 spiro atoms. The molecule has 0 aliphatic carbocycles. The summed E-state index contributed by atoms with van der Waals surface area (Å²) in [7, 11) is 0. The van der Waals surface area contributed by atoms with Crippen molar-refractivity contribution in [1.29, 1.82) is 0 Å². The molecule has 5 heterocycles. The number of hydrogen-bond acceptors (Lipinski definition) is 3. The van der Waals surface area contributed by atoms with Crippen molar-refractivity contribution < 1.29 is 21.1 Å². The first-order valence-electron chi connectivity index (χ1n) is 13.9. The molecule has 0 saturated carbocycles. The summed E-state index contributed by atoms with van der Waals surface area (Å²) < 4.78 is 2.29. The molecule has 0 saturated heterocycles. The average Bonchev–Trinajstić information content (AvgIpc) is 3.54. The number of anilines is 3. The topological polar surface area (TPSA) is 33.4 Å². The Labute approximate surface area is 257 Å². The Balaban J connectivity index is 0.00000267. The summed E-state index contributed by atoms with van der Waals surface area (Å²) in [6, 6.07) is 43.4. The molecular formula is C37H24N4Pt. The van der Waals surface area contributed by atoms with Crippen molar-refractivity contribution in [1.82, 2.24) is 14.4 Å². The van der Waals surface area contributed by atoms with E-state index in [1.807, 2.05) is 30.5 Å². The largest absolute Gasteiger partial charge is 2.00 e. The molecule has 0 N–H and O–H groups in total. The minimum atomic E-state index is -0.202. The summed E-state index contributed by atoms with van der Waals surface area (Å²) in [4.78, 5) is 12.3. The van der Waals surface area contributed by atoms with Gasteiger partial charge in [0.2, 0.25) is 0 Å². The van der Waals surface area contributed by atoms with Crippen molar-refractivity contribution >= 4 is 55.4 Å². The molecular weight excluding hydrogens is 696 g/mol. The van der Waals surface area contributed by atoms with Crippen LogP contribution in [0.1, 0.15) is 25.0 Å². The van der Waals surface area contributed by atoms with E-state index in [4.69, 9.17) is 4.98 Å². The standard InChI is InChI=1S/C37H24N4.Pt/c1-37(2)28-13-4-6-16-32(28)40(33-22-23(17-19-29(33)37)30-14-7-8-21-38-30)34-20-18-27-26-12-9-11-25-24-10-3-5-15-31(24)41(35(25)26)36(27)39-34;/h3-14,16-21H,1-2H3;/q-2;+2. The molecule has 1 aliphatic rings. The van der Waals surface area contributed by atoms with Gasteiger partial charge in [0.05, 0.1) is 0 Å². The molecule has 0 unspecified atom stereocenters. The van der Waals surface area contributed by atoms with Crippen molar-refractivity contribution in [3.8, 4) is 11.3 Å². The van der Waals surface area contributed by atoms with Gasteiger partial charge in [0.15, 0.2) is 0 Å². The molecule has 0 fully saturated rings. The van der Waals surface area contributed by atoms with Crippen LogP contribution in [0.3, 0.4) is 0 Å². The van der Waals surface area contributed by atoms with Crippen molar-refractivity contribution in [3.05, 3.63) is 133 Å². The molecule has 9 rings (SSSR count). The smallest absolute Gasteiger partial charge is 0.318 e. The van der Waals surface area contributed by atoms with Gasteiger partial charge in [-0.25, -0.2) is 4.98 Å². The van der Waals surface area contributed by atoms with Gasteiger partial charge >= 0.3 is 21.1 Å². The maximum atomic E-state index is 5.42. The van der Waals surface area contributed by atoms with Gasteiger partial charge in [-0.1, -0.05) is 73.5 Å². The number of nitrogens with zero attached hydrogens (tertiary/aromatic N) is 4. The normalized spacial score (nSPS) is 13.9. The third kappa shape index (κ3) is 3.27. The maximum Gasteiger partial charge on any atom is 2.00 e. The van der Waals surface area contributed by atoms with Gasteiger partial charge in [0.1, 0.15) is 11.5 Å². The number of fused-ring (bicyclic) bond motifs is 8. The molecule has 42 heavy (non-hydrogen) atoms. The Morgan fingerprint density at radius 2 is 1.52 bits per heavy atom. The van der Waals surface area contributed by atoms with Crippen molar-refractivity contribution in [2.75, 3.05) is 4.90 Å². The van der Waals surface area contributed by atoms with Crippen LogP contribution in [0.2, 0.25) is 0 Å². The van der Waals surface area contributed by atoms with E-state index in [1.54, 1.807) is 0 Å². The third-order valence-electron chi connectivity index (χ3n) is 8.78. The number of hydrogen-bond donors (Lipinski definition) is 0. The molecule has 4 aromatic carbocycles. The summed E-state index contributed by atoms with van der Waals surface area (Å²) in [5, 5.41) is 4.79. The zero-order chi connectivity index (χ0) is 27.3. The SMILES string of the molecule is CC1(C)c2ccc(-c3ccccn3)[c-]c2N(c2ccc3c4cccc5c6ccc[c-]c6n(c3n2)c54)c2ccccc21.[Pt+2]. The van der Waals surface area contributed by atoms with Crippen LogP contribution in [0.4, 0.5) is 17.2 Å². The fraction of sp³-hybridized carbons (Fsp3) is 0.0811. The summed E-state index contributed by atoms with van der Waals surface area (Å²) in [5.74, 6) is 0.862. The molecule has 4 nitrogen and oxygen atoms in total. The molecule has 0 atom stereocenters. The molecule has 4 aromatic heterocycles. The van der Waals surface area contributed by atoms with Crippen LogP contribution in [0.15, 0.2) is 109 Å². The van der Waals surface area contributed by atoms with Crippen LogP contribution in [-0.2, 0) is 26.5 Å². The second-order valence-corrected chi connectivity index (χ2v) is 11.3. The molecule has 0 bridgehead atoms.